The summed E-state index contributed by atoms with van der Waals surface area (Å²) in [5.41, 5.74) is 4.12. The Bertz CT molecular complexity index is 837. The lowest BCUT2D eigenvalue weighted by Crippen LogP contribution is -1.91. The Morgan fingerprint density at radius 3 is 2.35 bits per heavy atom. The van der Waals surface area contributed by atoms with Crippen molar-refractivity contribution in [3.63, 3.8) is 0 Å². The minimum atomic E-state index is 0.710. The van der Waals surface area contributed by atoms with E-state index in [0.717, 1.165) is 33.9 Å². The number of aromatic nitrogens is 2. The normalized spacial score (nSPS) is 10.8. The van der Waals surface area contributed by atoms with Crippen LogP contribution < -0.4 is 0 Å². The fourth-order valence-electron chi connectivity index (χ4n) is 2.43. The van der Waals surface area contributed by atoms with Gasteiger partial charge in [-0.05, 0) is 44.1 Å². The van der Waals surface area contributed by atoms with Crippen molar-refractivity contribution in [3.8, 4) is 0 Å². The van der Waals surface area contributed by atoms with Gasteiger partial charge >= 0.3 is 0 Å². The van der Waals surface area contributed by atoms with Gasteiger partial charge in [-0.2, -0.15) is 0 Å². The van der Waals surface area contributed by atoms with Crippen molar-refractivity contribution in [2.45, 2.75) is 13.3 Å². The van der Waals surface area contributed by atoms with Crippen LogP contribution in [0, 0.1) is 0 Å². The maximum absolute atomic E-state index is 4.69. The fourth-order valence-corrected chi connectivity index (χ4v) is 2.43. The van der Waals surface area contributed by atoms with Crippen molar-refractivity contribution in [2.75, 3.05) is 0 Å². The minimum absolute atomic E-state index is 0.710. The molecule has 1 aromatic carbocycles. The van der Waals surface area contributed by atoms with Gasteiger partial charge in [-0.3, -0.25) is 20.0 Å². The molecule has 0 atom stereocenters. The number of nitrogens with zero attached hydrogens (tertiary/aromatic N) is 4. The Morgan fingerprint density at radius 1 is 1.00 bits per heavy atom. The molecule has 0 saturated heterocycles. The first-order valence-electron chi connectivity index (χ1n) is 6.44. The van der Waals surface area contributed by atoms with Crippen LogP contribution in [0.25, 0.3) is 21.8 Å². The summed E-state index contributed by atoms with van der Waals surface area (Å²) in [6, 6.07) is 7.84. The number of hydrogen-bond donors (Lipinski definition) is 0. The molecule has 2 aromatic heterocycles. The summed E-state index contributed by atoms with van der Waals surface area (Å²) in [6.07, 6.45) is 2.64. The van der Waals surface area contributed by atoms with Crippen LogP contribution in [0.1, 0.15) is 12.6 Å². The van der Waals surface area contributed by atoms with Crippen molar-refractivity contribution in [1.82, 2.24) is 9.97 Å². The molecule has 4 heteroatoms. The second-order valence-electron chi connectivity index (χ2n) is 4.47. The van der Waals surface area contributed by atoms with Crippen LogP contribution in [-0.4, -0.2) is 23.4 Å². The van der Waals surface area contributed by atoms with Gasteiger partial charge < -0.3 is 0 Å². The largest absolute Gasteiger partial charge is 0.262 e. The third-order valence-electron chi connectivity index (χ3n) is 3.40. The molecule has 0 unspecified atom stereocenters. The van der Waals surface area contributed by atoms with Crippen LogP contribution in [0.4, 0.5) is 11.4 Å². The molecule has 0 spiro atoms. The van der Waals surface area contributed by atoms with Gasteiger partial charge in [0.2, 0.25) is 0 Å². The summed E-state index contributed by atoms with van der Waals surface area (Å²) in [5.74, 6) is 0. The van der Waals surface area contributed by atoms with Crippen molar-refractivity contribution in [1.29, 1.82) is 0 Å². The van der Waals surface area contributed by atoms with Gasteiger partial charge in [-0.1, -0.05) is 6.92 Å². The fraction of sp³-hybridized carbons (Fsp3) is 0.125. The second-order valence-corrected chi connectivity index (χ2v) is 4.47. The molecular formula is C16H14N4. The molecule has 0 aliphatic carbocycles. The highest BCUT2D eigenvalue weighted by molar-refractivity contribution is 6.16. The highest BCUT2D eigenvalue weighted by Gasteiger charge is 2.14. The summed E-state index contributed by atoms with van der Waals surface area (Å²) in [5, 5.41) is 1.81. The maximum atomic E-state index is 4.69. The zero-order valence-corrected chi connectivity index (χ0v) is 11.3. The van der Waals surface area contributed by atoms with Crippen molar-refractivity contribution >= 4 is 46.6 Å². The van der Waals surface area contributed by atoms with E-state index in [-0.39, 0.29) is 0 Å². The van der Waals surface area contributed by atoms with E-state index in [2.05, 4.69) is 35.3 Å². The Labute approximate surface area is 116 Å². The number of aliphatic imine (C=N–C) groups is 2. The van der Waals surface area contributed by atoms with E-state index in [0.29, 0.717) is 11.4 Å². The van der Waals surface area contributed by atoms with E-state index in [1.165, 1.54) is 0 Å². The molecule has 3 aromatic rings. The van der Waals surface area contributed by atoms with Gasteiger partial charge in [0.25, 0.3) is 0 Å². The standard InChI is InChI=1S/C16H14N4/c1-4-10-7-8-12-14(18-3)13(17-2)11-6-5-9-19-15(11)16(12)20-10/h5-9H,2-4H2,1H3. The van der Waals surface area contributed by atoms with Crippen molar-refractivity contribution < 1.29 is 0 Å². The molecule has 0 aliphatic rings. The van der Waals surface area contributed by atoms with Crippen LogP contribution in [-0.2, 0) is 6.42 Å². The van der Waals surface area contributed by atoms with Crippen LogP contribution >= 0.6 is 0 Å². The summed E-state index contributed by atoms with van der Waals surface area (Å²) in [6.45, 7) is 9.38. The molecule has 2 heterocycles. The Kier molecular flexibility index (Phi) is 2.99. The van der Waals surface area contributed by atoms with Crippen molar-refractivity contribution in [2.24, 2.45) is 9.98 Å². The van der Waals surface area contributed by atoms with Gasteiger partial charge in [-0.15, -0.1) is 0 Å². The molecule has 0 fully saturated rings. The highest BCUT2D eigenvalue weighted by Crippen LogP contribution is 2.41. The average Bonchev–Trinajstić information content (AvgIpc) is 2.52. The topological polar surface area (TPSA) is 50.5 Å². The quantitative estimate of drug-likeness (QED) is 0.529. The van der Waals surface area contributed by atoms with E-state index in [4.69, 9.17) is 4.98 Å². The van der Waals surface area contributed by atoms with E-state index in [1.54, 1.807) is 6.20 Å². The molecule has 3 rings (SSSR count). The number of hydrogen-bond acceptors (Lipinski definition) is 4. The van der Waals surface area contributed by atoms with Gasteiger partial charge in [-0.25, -0.2) is 0 Å². The minimum Gasteiger partial charge on any atom is -0.262 e. The van der Waals surface area contributed by atoms with Gasteiger partial charge in [0.15, 0.2) is 0 Å². The number of pyridine rings is 2. The van der Waals surface area contributed by atoms with Crippen LogP contribution in [0.15, 0.2) is 40.4 Å². The summed E-state index contributed by atoms with van der Waals surface area (Å²) in [7, 11) is 0. The number of fused-ring (bicyclic) bond motifs is 3. The SMILES string of the molecule is C=Nc1c(N=C)c2ccc(CC)nc2c2ncccc12. The van der Waals surface area contributed by atoms with Gasteiger partial charge in [0.1, 0.15) is 0 Å². The highest BCUT2D eigenvalue weighted by atomic mass is 14.8. The Hall–Kier alpha value is -2.62. The zero-order valence-electron chi connectivity index (χ0n) is 11.3. The predicted octanol–water partition coefficient (Wildman–Crippen LogP) is 4.01. The molecule has 0 N–H and O–H groups in total. The molecular weight excluding hydrogens is 248 g/mol. The van der Waals surface area contributed by atoms with Crippen molar-refractivity contribution in [3.05, 3.63) is 36.2 Å². The molecule has 4 nitrogen and oxygen atoms in total. The lowest BCUT2D eigenvalue weighted by atomic mass is 10.0. The molecule has 0 radical (unpaired) electrons. The monoisotopic (exact) mass is 262 g/mol. The van der Waals surface area contributed by atoms with Crippen LogP contribution in [0.5, 0.6) is 0 Å². The first kappa shape index (κ1) is 12.4. The Morgan fingerprint density at radius 2 is 1.70 bits per heavy atom. The zero-order chi connectivity index (χ0) is 14.1. The number of rotatable bonds is 3. The molecule has 20 heavy (non-hydrogen) atoms. The lowest BCUT2D eigenvalue weighted by molar-refractivity contribution is 1.06. The molecule has 0 bridgehead atoms. The van der Waals surface area contributed by atoms with E-state index in [1.807, 2.05) is 24.3 Å². The van der Waals surface area contributed by atoms with E-state index in [9.17, 15) is 0 Å². The molecule has 0 amide bonds. The second kappa shape index (κ2) is 4.81. The summed E-state index contributed by atoms with van der Waals surface area (Å²) < 4.78 is 0. The predicted molar refractivity (Wildman–Crippen MR) is 84.8 cm³/mol. The smallest absolute Gasteiger partial charge is 0.0991 e. The first-order valence-corrected chi connectivity index (χ1v) is 6.44. The number of aryl methyl sites for hydroxylation is 1. The van der Waals surface area contributed by atoms with Crippen LogP contribution in [0.2, 0.25) is 0 Å². The van der Waals surface area contributed by atoms with E-state index < -0.39 is 0 Å². The lowest BCUT2D eigenvalue weighted by Gasteiger charge is -2.10. The third kappa shape index (κ3) is 1.69. The van der Waals surface area contributed by atoms with E-state index >= 15 is 0 Å². The van der Waals surface area contributed by atoms with Gasteiger partial charge in [0, 0.05) is 22.7 Å². The third-order valence-corrected chi connectivity index (χ3v) is 3.40. The molecule has 0 saturated carbocycles. The summed E-state index contributed by atoms with van der Waals surface area (Å²) in [4.78, 5) is 17.4. The van der Waals surface area contributed by atoms with Crippen LogP contribution in [0.3, 0.4) is 0 Å². The average molecular weight is 262 g/mol. The molecule has 98 valence electrons. The first-order chi connectivity index (χ1) is 9.80. The van der Waals surface area contributed by atoms with Gasteiger partial charge in [0.05, 0.1) is 22.4 Å². The summed E-state index contributed by atoms with van der Waals surface area (Å²) >= 11 is 0. The Balaban J connectivity index is 2.61. The maximum Gasteiger partial charge on any atom is 0.0991 e. The molecule has 0 aliphatic heterocycles. The number of benzene rings is 1.